The van der Waals surface area contributed by atoms with Gasteiger partial charge in [-0.15, -0.1) is 0 Å². The van der Waals surface area contributed by atoms with Crippen LogP contribution in [0.25, 0.3) is 0 Å². The second-order valence-corrected chi connectivity index (χ2v) is 5.69. The number of nitrogens with one attached hydrogen (secondary N) is 1. The van der Waals surface area contributed by atoms with Gasteiger partial charge in [-0.05, 0) is 57.0 Å². The Morgan fingerprint density at radius 2 is 2.33 bits per heavy atom. The molecule has 4 nitrogen and oxygen atoms in total. The van der Waals surface area contributed by atoms with Crippen LogP contribution in [0.4, 0.5) is 0 Å². The quantitative estimate of drug-likeness (QED) is 0.875. The molecule has 21 heavy (non-hydrogen) atoms. The van der Waals surface area contributed by atoms with E-state index in [0.29, 0.717) is 12.5 Å². The van der Waals surface area contributed by atoms with Crippen molar-refractivity contribution >= 4 is 5.91 Å². The monoisotopic (exact) mass is 290 g/mol. The summed E-state index contributed by atoms with van der Waals surface area (Å²) in [6.45, 7) is 5.44. The van der Waals surface area contributed by atoms with Crippen LogP contribution in [0.5, 0.6) is 5.75 Å². The van der Waals surface area contributed by atoms with Gasteiger partial charge in [0.05, 0.1) is 6.61 Å². The summed E-state index contributed by atoms with van der Waals surface area (Å²) in [5, 5.41) is 3.21. The van der Waals surface area contributed by atoms with Gasteiger partial charge in [0.15, 0.2) is 0 Å². The van der Waals surface area contributed by atoms with Crippen LogP contribution in [0.2, 0.25) is 0 Å². The fourth-order valence-corrected chi connectivity index (χ4v) is 2.83. The second kappa shape index (κ2) is 8.03. The van der Waals surface area contributed by atoms with E-state index >= 15 is 0 Å². The molecule has 1 aromatic rings. The molecule has 1 aliphatic rings. The highest BCUT2D eigenvalue weighted by molar-refractivity contribution is 5.94. The number of carbonyl (C=O) groups excluding carboxylic acids is 1. The predicted molar refractivity (Wildman–Crippen MR) is 84.8 cm³/mol. The first-order valence-electron chi connectivity index (χ1n) is 7.91. The van der Waals surface area contributed by atoms with Gasteiger partial charge in [0, 0.05) is 18.7 Å². The lowest BCUT2D eigenvalue weighted by Crippen LogP contribution is -2.42. The molecule has 1 unspecified atom stereocenters. The van der Waals surface area contributed by atoms with Crippen molar-refractivity contribution in [3.63, 3.8) is 0 Å². The highest BCUT2D eigenvalue weighted by Crippen LogP contribution is 2.20. The molecular formula is C17H26N2O2. The van der Waals surface area contributed by atoms with Gasteiger partial charge in [-0.1, -0.05) is 13.0 Å². The summed E-state index contributed by atoms with van der Waals surface area (Å²) < 4.78 is 5.61. The molecule has 1 N–H and O–H groups in total. The Hall–Kier alpha value is -1.55. The molecule has 116 valence electrons. The Labute approximate surface area is 127 Å². The Morgan fingerprint density at radius 3 is 3.10 bits per heavy atom. The predicted octanol–water partition coefficient (Wildman–Crippen LogP) is 2.55. The molecule has 1 fully saturated rings. The number of amides is 1. The lowest BCUT2D eigenvalue weighted by atomic mass is 9.97. The van der Waals surface area contributed by atoms with E-state index in [1.165, 1.54) is 6.42 Å². The van der Waals surface area contributed by atoms with Gasteiger partial charge in [0.2, 0.25) is 0 Å². The highest BCUT2D eigenvalue weighted by Gasteiger charge is 2.24. The maximum Gasteiger partial charge on any atom is 0.253 e. The molecule has 4 heteroatoms. The van der Waals surface area contributed by atoms with Crippen LogP contribution < -0.4 is 10.1 Å². The Bertz CT molecular complexity index is 460. The van der Waals surface area contributed by atoms with Crippen molar-refractivity contribution in [3.05, 3.63) is 29.8 Å². The van der Waals surface area contributed by atoms with Crippen molar-refractivity contribution in [3.8, 4) is 5.75 Å². The summed E-state index contributed by atoms with van der Waals surface area (Å²) in [4.78, 5) is 14.6. The van der Waals surface area contributed by atoms with Crippen molar-refractivity contribution in [2.45, 2.75) is 26.2 Å². The minimum absolute atomic E-state index is 0.123. The average Bonchev–Trinajstić information content (AvgIpc) is 2.53. The van der Waals surface area contributed by atoms with Crippen LogP contribution in [-0.2, 0) is 0 Å². The molecule has 0 aromatic heterocycles. The molecule has 1 heterocycles. The van der Waals surface area contributed by atoms with Crippen LogP contribution in [0.1, 0.15) is 36.5 Å². The van der Waals surface area contributed by atoms with E-state index in [1.807, 2.05) is 36.2 Å². The first kappa shape index (κ1) is 15.8. The zero-order valence-electron chi connectivity index (χ0n) is 13.1. The number of nitrogens with zero attached hydrogens (tertiary/aromatic N) is 1. The van der Waals surface area contributed by atoms with Crippen molar-refractivity contribution in [2.75, 3.05) is 33.3 Å². The Balaban J connectivity index is 2.01. The van der Waals surface area contributed by atoms with Gasteiger partial charge in [-0.25, -0.2) is 0 Å². The topological polar surface area (TPSA) is 41.6 Å². The number of carbonyl (C=O) groups is 1. The molecule has 1 amide bonds. The van der Waals surface area contributed by atoms with Crippen LogP contribution in [0.3, 0.4) is 0 Å². The Kier molecular flexibility index (Phi) is 6.05. The maximum absolute atomic E-state index is 12.6. The van der Waals surface area contributed by atoms with Gasteiger partial charge in [0.1, 0.15) is 5.75 Å². The number of piperidine rings is 1. The van der Waals surface area contributed by atoms with E-state index in [9.17, 15) is 4.79 Å². The lowest BCUT2D eigenvalue weighted by molar-refractivity contribution is 0.0674. The van der Waals surface area contributed by atoms with Crippen LogP contribution in [-0.4, -0.2) is 44.1 Å². The molecule has 1 aliphatic heterocycles. The number of hydrogen-bond donors (Lipinski definition) is 1. The van der Waals surface area contributed by atoms with Gasteiger partial charge in [0.25, 0.3) is 5.91 Å². The SMILES string of the molecule is CCCOc1cccc(C(=O)N2CCCC(CNC)C2)c1. The van der Waals surface area contributed by atoms with E-state index in [1.54, 1.807) is 0 Å². The third-order valence-corrected chi connectivity index (χ3v) is 3.85. The molecule has 0 aliphatic carbocycles. The molecule has 1 aromatic carbocycles. The van der Waals surface area contributed by atoms with E-state index in [0.717, 1.165) is 43.8 Å². The van der Waals surface area contributed by atoms with Crippen LogP contribution in [0.15, 0.2) is 24.3 Å². The van der Waals surface area contributed by atoms with E-state index in [4.69, 9.17) is 4.74 Å². The van der Waals surface area contributed by atoms with Crippen LogP contribution in [0, 0.1) is 5.92 Å². The second-order valence-electron chi connectivity index (χ2n) is 5.69. The third-order valence-electron chi connectivity index (χ3n) is 3.85. The van der Waals surface area contributed by atoms with E-state index in [-0.39, 0.29) is 5.91 Å². The summed E-state index contributed by atoms with van der Waals surface area (Å²) in [6, 6.07) is 7.54. The number of benzene rings is 1. The summed E-state index contributed by atoms with van der Waals surface area (Å²) >= 11 is 0. The zero-order valence-corrected chi connectivity index (χ0v) is 13.1. The number of ether oxygens (including phenoxy) is 1. The smallest absolute Gasteiger partial charge is 0.253 e. The largest absolute Gasteiger partial charge is 0.494 e. The van der Waals surface area contributed by atoms with Crippen molar-refractivity contribution in [1.82, 2.24) is 10.2 Å². The minimum atomic E-state index is 0.123. The highest BCUT2D eigenvalue weighted by atomic mass is 16.5. The van der Waals surface area contributed by atoms with Crippen molar-refractivity contribution in [2.24, 2.45) is 5.92 Å². The molecular weight excluding hydrogens is 264 g/mol. The van der Waals surface area contributed by atoms with Gasteiger partial charge < -0.3 is 15.0 Å². The fourth-order valence-electron chi connectivity index (χ4n) is 2.83. The van der Waals surface area contributed by atoms with Crippen molar-refractivity contribution in [1.29, 1.82) is 0 Å². The van der Waals surface area contributed by atoms with Gasteiger partial charge in [-0.3, -0.25) is 4.79 Å². The first-order chi connectivity index (χ1) is 10.2. The lowest BCUT2D eigenvalue weighted by Gasteiger charge is -2.32. The van der Waals surface area contributed by atoms with Crippen molar-refractivity contribution < 1.29 is 9.53 Å². The summed E-state index contributed by atoms with van der Waals surface area (Å²) in [5.74, 6) is 1.47. The average molecular weight is 290 g/mol. The first-order valence-corrected chi connectivity index (χ1v) is 7.91. The zero-order chi connectivity index (χ0) is 15.1. The van der Waals surface area contributed by atoms with Gasteiger partial charge in [-0.2, -0.15) is 0 Å². The summed E-state index contributed by atoms with van der Waals surface area (Å²) in [6.07, 6.45) is 3.25. The third kappa shape index (κ3) is 4.46. The standard InChI is InChI=1S/C17H26N2O2/c1-3-10-21-16-8-4-7-15(11-16)17(20)19-9-5-6-14(13-19)12-18-2/h4,7-8,11,14,18H,3,5-6,9-10,12-13H2,1-2H3. The molecule has 1 atom stereocenters. The number of likely N-dealkylation sites (tertiary alicyclic amines) is 1. The molecule has 0 radical (unpaired) electrons. The summed E-state index contributed by atoms with van der Waals surface area (Å²) in [7, 11) is 1.97. The molecule has 0 saturated carbocycles. The summed E-state index contributed by atoms with van der Waals surface area (Å²) in [5.41, 5.74) is 0.730. The number of hydrogen-bond acceptors (Lipinski definition) is 3. The normalized spacial score (nSPS) is 18.6. The molecule has 0 spiro atoms. The van der Waals surface area contributed by atoms with Gasteiger partial charge >= 0.3 is 0 Å². The molecule has 0 bridgehead atoms. The Morgan fingerprint density at radius 1 is 1.48 bits per heavy atom. The number of rotatable bonds is 6. The fraction of sp³-hybridized carbons (Fsp3) is 0.588. The maximum atomic E-state index is 12.6. The molecule has 2 rings (SSSR count). The van der Waals surface area contributed by atoms with E-state index in [2.05, 4.69) is 12.2 Å². The van der Waals surface area contributed by atoms with Crippen LogP contribution >= 0.6 is 0 Å². The van der Waals surface area contributed by atoms with E-state index < -0.39 is 0 Å². The minimum Gasteiger partial charge on any atom is -0.494 e. The molecule has 1 saturated heterocycles.